The SMILES string of the molecule is CSc1ccccc1C(=O)C1CCCN(C(=O)c2cn3cc(Cl)ccc3n2)C1. The predicted octanol–water partition coefficient (Wildman–Crippen LogP) is 4.44. The standard InChI is InChI=1S/C21H20ClN3O2S/c1-28-18-7-3-2-6-16(18)20(26)14-5-4-10-24(11-14)21(27)17-13-25-12-15(22)8-9-19(25)23-17/h2-3,6-9,12-14H,4-5,10-11H2,1H3. The van der Waals surface area contributed by atoms with Gasteiger partial charge in [0.1, 0.15) is 11.3 Å². The summed E-state index contributed by atoms with van der Waals surface area (Å²) in [6.45, 7) is 1.07. The maximum Gasteiger partial charge on any atom is 0.274 e. The summed E-state index contributed by atoms with van der Waals surface area (Å²) in [4.78, 5) is 33.2. The third-order valence-electron chi connectivity index (χ3n) is 5.09. The molecule has 1 saturated heterocycles. The highest BCUT2D eigenvalue weighted by molar-refractivity contribution is 7.98. The molecule has 4 rings (SSSR count). The number of aromatic nitrogens is 2. The molecular formula is C21H20ClN3O2S. The number of fused-ring (bicyclic) bond motifs is 1. The third kappa shape index (κ3) is 3.66. The Labute approximate surface area is 172 Å². The second-order valence-corrected chi connectivity index (χ2v) is 8.18. The summed E-state index contributed by atoms with van der Waals surface area (Å²) in [6.07, 6.45) is 6.99. The van der Waals surface area contributed by atoms with Crippen molar-refractivity contribution in [2.24, 2.45) is 5.92 Å². The Morgan fingerprint density at radius 2 is 2.00 bits per heavy atom. The highest BCUT2D eigenvalue weighted by atomic mass is 35.5. The summed E-state index contributed by atoms with van der Waals surface area (Å²) in [5.74, 6) is -0.211. The van der Waals surface area contributed by atoms with Crippen molar-refractivity contribution in [2.45, 2.75) is 17.7 Å². The van der Waals surface area contributed by atoms with Crippen LogP contribution in [0.3, 0.4) is 0 Å². The fourth-order valence-corrected chi connectivity index (χ4v) is 4.44. The van der Waals surface area contributed by atoms with Crippen LogP contribution in [0.15, 0.2) is 53.7 Å². The lowest BCUT2D eigenvalue weighted by atomic mass is 9.90. The fourth-order valence-electron chi connectivity index (χ4n) is 3.67. The summed E-state index contributed by atoms with van der Waals surface area (Å²) >= 11 is 7.58. The van der Waals surface area contributed by atoms with Gasteiger partial charge in [0.15, 0.2) is 5.78 Å². The van der Waals surface area contributed by atoms with Crippen LogP contribution in [0, 0.1) is 5.92 Å². The van der Waals surface area contributed by atoms with Gasteiger partial charge in [-0.1, -0.05) is 29.8 Å². The maximum absolute atomic E-state index is 13.1. The van der Waals surface area contributed by atoms with Gasteiger partial charge in [-0.15, -0.1) is 11.8 Å². The number of imidazole rings is 1. The topological polar surface area (TPSA) is 54.7 Å². The first kappa shape index (κ1) is 19.0. The van der Waals surface area contributed by atoms with E-state index < -0.39 is 0 Å². The minimum atomic E-state index is -0.183. The zero-order valence-electron chi connectivity index (χ0n) is 15.5. The van der Waals surface area contributed by atoms with Crippen molar-refractivity contribution in [3.8, 4) is 0 Å². The van der Waals surface area contributed by atoms with Gasteiger partial charge in [-0.05, 0) is 37.3 Å². The minimum Gasteiger partial charge on any atom is -0.337 e. The summed E-state index contributed by atoms with van der Waals surface area (Å²) in [6, 6.07) is 11.2. The number of hydrogen-bond acceptors (Lipinski definition) is 4. The Balaban J connectivity index is 1.54. The van der Waals surface area contributed by atoms with Crippen LogP contribution in [0.2, 0.25) is 5.02 Å². The number of benzene rings is 1. The molecule has 0 spiro atoms. The van der Waals surface area contributed by atoms with Crippen LogP contribution in [0.5, 0.6) is 0 Å². The number of Topliss-reactive ketones (excluding diaryl/α,β-unsaturated/α-hetero) is 1. The molecule has 28 heavy (non-hydrogen) atoms. The second-order valence-electron chi connectivity index (χ2n) is 6.89. The number of nitrogens with zero attached hydrogens (tertiary/aromatic N) is 3. The van der Waals surface area contributed by atoms with Gasteiger partial charge < -0.3 is 9.30 Å². The average molecular weight is 414 g/mol. The third-order valence-corrected chi connectivity index (χ3v) is 6.11. The molecule has 144 valence electrons. The number of halogens is 1. The Bertz CT molecular complexity index is 1050. The van der Waals surface area contributed by atoms with Crippen molar-refractivity contribution >= 4 is 40.7 Å². The minimum absolute atomic E-state index is 0.115. The second kappa shape index (κ2) is 7.97. The number of piperidine rings is 1. The Morgan fingerprint density at radius 3 is 2.82 bits per heavy atom. The van der Waals surface area contributed by atoms with Crippen molar-refractivity contribution in [3.05, 3.63) is 65.1 Å². The Hall–Kier alpha value is -2.31. The van der Waals surface area contributed by atoms with Gasteiger partial charge >= 0.3 is 0 Å². The molecule has 2 aromatic heterocycles. The maximum atomic E-state index is 13.1. The van der Waals surface area contributed by atoms with E-state index in [0.717, 1.165) is 23.3 Å². The molecule has 5 nitrogen and oxygen atoms in total. The number of rotatable bonds is 4. The van der Waals surface area contributed by atoms with Crippen LogP contribution < -0.4 is 0 Å². The summed E-state index contributed by atoms with van der Waals surface area (Å²) in [5, 5.41) is 0.583. The molecule has 0 radical (unpaired) electrons. The quantitative estimate of drug-likeness (QED) is 0.468. The van der Waals surface area contributed by atoms with Crippen molar-refractivity contribution in [2.75, 3.05) is 19.3 Å². The highest BCUT2D eigenvalue weighted by Gasteiger charge is 2.31. The lowest BCUT2D eigenvalue weighted by Gasteiger charge is -2.31. The van der Waals surface area contributed by atoms with Gasteiger partial charge in [0.25, 0.3) is 5.91 Å². The zero-order chi connectivity index (χ0) is 19.7. The van der Waals surface area contributed by atoms with Crippen molar-refractivity contribution in [1.29, 1.82) is 0 Å². The van der Waals surface area contributed by atoms with E-state index in [9.17, 15) is 9.59 Å². The zero-order valence-corrected chi connectivity index (χ0v) is 17.0. The van der Waals surface area contributed by atoms with Crippen LogP contribution in [0.4, 0.5) is 0 Å². The summed E-state index contributed by atoms with van der Waals surface area (Å²) in [7, 11) is 0. The number of carbonyl (C=O) groups is 2. The normalized spacial score (nSPS) is 17.1. The fraction of sp³-hybridized carbons (Fsp3) is 0.286. The van der Waals surface area contributed by atoms with Crippen molar-refractivity contribution < 1.29 is 9.59 Å². The van der Waals surface area contributed by atoms with E-state index in [1.54, 1.807) is 45.6 Å². The van der Waals surface area contributed by atoms with E-state index in [0.29, 0.717) is 29.5 Å². The number of carbonyl (C=O) groups excluding carboxylic acids is 2. The van der Waals surface area contributed by atoms with Gasteiger partial charge in [-0.25, -0.2) is 4.98 Å². The summed E-state index contributed by atoms with van der Waals surface area (Å²) in [5.41, 5.74) is 1.79. The monoisotopic (exact) mass is 413 g/mol. The number of pyridine rings is 1. The molecule has 0 N–H and O–H groups in total. The smallest absolute Gasteiger partial charge is 0.274 e. The molecule has 1 aliphatic rings. The van der Waals surface area contributed by atoms with Crippen LogP contribution in [0.25, 0.3) is 5.65 Å². The lowest BCUT2D eigenvalue weighted by Crippen LogP contribution is -2.42. The van der Waals surface area contributed by atoms with Gasteiger partial charge in [0, 0.05) is 41.9 Å². The lowest BCUT2D eigenvalue weighted by molar-refractivity contribution is 0.0632. The number of likely N-dealkylation sites (tertiary alicyclic amines) is 1. The number of ketones is 1. The highest BCUT2D eigenvalue weighted by Crippen LogP contribution is 2.27. The number of amides is 1. The molecule has 3 heterocycles. The largest absolute Gasteiger partial charge is 0.337 e. The van der Waals surface area contributed by atoms with Crippen molar-refractivity contribution in [3.63, 3.8) is 0 Å². The first-order valence-electron chi connectivity index (χ1n) is 9.17. The molecule has 7 heteroatoms. The van der Waals surface area contributed by atoms with Crippen LogP contribution in [0.1, 0.15) is 33.7 Å². The first-order valence-corrected chi connectivity index (χ1v) is 10.8. The number of thioether (sulfide) groups is 1. The van der Waals surface area contributed by atoms with Gasteiger partial charge in [0.2, 0.25) is 0 Å². The summed E-state index contributed by atoms with van der Waals surface area (Å²) < 4.78 is 1.75. The Kier molecular flexibility index (Phi) is 5.42. The van der Waals surface area contributed by atoms with Gasteiger partial charge in [-0.3, -0.25) is 9.59 Å². The first-order chi connectivity index (χ1) is 13.6. The molecule has 0 bridgehead atoms. The molecule has 1 atom stereocenters. The van der Waals surface area contributed by atoms with E-state index in [-0.39, 0.29) is 17.6 Å². The van der Waals surface area contributed by atoms with E-state index in [2.05, 4.69) is 4.98 Å². The average Bonchev–Trinajstić information content (AvgIpc) is 3.15. The van der Waals surface area contributed by atoms with Crippen molar-refractivity contribution in [1.82, 2.24) is 14.3 Å². The molecule has 0 aliphatic carbocycles. The molecule has 1 aliphatic heterocycles. The van der Waals surface area contributed by atoms with E-state index >= 15 is 0 Å². The van der Waals surface area contributed by atoms with E-state index in [1.165, 1.54) is 0 Å². The van der Waals surface area contributed by atoms with Crippen LogP contribution in [-0.4, -0.2) is 45.3 Å². The molecule has 0 saturated carbocycles. The van der Waals surface area contributed by atoms with Gasteiger partial charge in [0.05, 0.1) is 5.02 Å². The molecule has 3 aromatic rings. The van der Waals surface area contributed by atoms with Crippen LogP contribution in [-0.2, 0) is 0 Å². The predicted molar refractivity (Wildman–Crippen MR) is 111 cm³/mol. The molecule has 1 amide bonds. The molecule has 1 aromatic carbocycles. The number of hydrogen-bond donors (Lipinski definition) is 0. The van der Waals surface area contributed by atoms with E-state index in [4.69, 9.17) is 11.6 Å². The molecular weight excluding hydrogens is 394 g/mol. The molecule has 1 unspecified atom stereocenters. The molecule has 1 fully saturated rings. The van der Waals surface area contributed by atoms with Gasteiger partial charge in [-0.2, -0.15) is 0 Å². The van der Waals surface area contributed by atoms with E-state index in [1.807, 2.05) is 30.5 Å². The van der Waals surface area contributed by atoms with Crippen LogP contribution >= 0.6 is 23.4 Å². The Morgan fingerprint density at radius 1 is 1.18 bits per heavy atom.